The molecule has 0 aliphatic rings. The molecule has 0 heterocycles. The number of esters is 1. The lowest BCUT2D eigenvalue weighted by atomic mass is 10.1. The highest BCUT2D eigenvalue weighted by atomic mass is 35.5. The molecule has 0 aliphatic heterocycles. The van der Waals surface area contributed by atoms with E-state index in [1.807, 2.05) is 0 Å². The van der Waals surface area contributed by atoms with E-state index in [1.165, 1.54) is 49.4 Å². The van der Waals surface area contributed by atoms with Crippen molar-refractivity contribution in [1.29, 1.82) is 0 Å². The maximum Gasteiger partial charge on any atom is 0.307 e. The van der Waals surface area contributed by atoms with E-state index in [-0.39, 0.29) is 18.6 Å². The summed E-state index contributed by atoms with van der Waals surface area (Å²) in [4.78, 5) is 35.9. The Balaban J connectivity index is 1.82. The van der Waals surface area contributed by atoms with E-state index in [4.69, 9.17) is 27.9 Å². The quantitative estimate of drug-likeness (QED) is 0.530. The van der Waals surface area contributed by atoms with E-state index in [0.717, 1.165) is 0 Å². The molecule has 1 atom stereocenters. The predicted octanol–water partition coefficient (Wildman–Crippen LogP) is 4.67. The minimum absolute atomic E-state index is 0.108. The zero-order chi connectivity index (χ0) is 20.0. The van der Waals surface area contributed by atoms with Gasteiger partial charge in [-0.15, -0.1) is 0 Å². The topological polar surface area (TPSA) is 72.5 Å². The first-order chi connectivity index (χ1) is 12.7. The van der Waals surface area contributed by atoms with Gasteiger partial charge in [-0.25, -0.2) is 4.39 Å². The predicted molar refractivity (Wildman–Crippen MR) is 101 cm³/mol. The van der Waals surface area contributed by atoms with E-state index < -0.39 is 23.8 Å². The third-order valence-corrected chi connectivity index (χ3v) is 3.97. The fraction of sp³-hybridized carbons (Fsp3) is 0.211. The molecule has 0 saturated heterocycles. The molecular weight excluding hydrogens is 396 g/mol. The Morgan fingerprint density at radius 2 is 1.63 bits per heavy atom. The normalized spacial score (nSPS) is 11.6. The van der Waals surface area contributed by atoms with Crippen molar-refractivity contribution in [2.75, 3.05) is 5.32 Å². The first kappa shape index (κ1) is 20.9. The number of benzene rings is 2. The highest BCUT2D eigenvalue weighted by Gasteiger charge is 2.19. The number of halogens is 3. The highest BCUT2D eigenvalue weighted by molar-refractivity contribution is 6.35. The van der Waals surface area contributed by atoms with Crippen LogP contribution in [0.4, 0.5) is 10.1 Å². The zero-order valence-electron chi connectivity index (χ0n) is 14.3. The van der Waals surface area contributed by atoms with Crippen LogP contribution < -0.4 is 5.32 Å². The monoisotopic (exact) mass is 411 g/mol. The van der Waals surface area contributed by atoms with Crippen LogP contribution >= 0.6 is 23.2 Å². The molecule has 2 aromatic rings. The van der Waals surface area contributed by atoms with E-state index >= 15 is 0 Å². The Morgan fingerprint density at radius 1 is 1.04 bits per heavy atom. The number of hydrogen-bond donors (Lipinski definition) is 1. The molecule has 2 aromatic carbocycles. The van der Waals surface area contributed by atoms with Crippen molar-refractivity contribution in [1.82, 2.24) is 0 Å². The van der Waals surface area contributed by atoms with Crippen molar-refractivity contribution < 1.29 is 23.5 Å². The molecule has 0 bridgehead atoms. The molecule has 8 heteroatoms. The lowest BCUT2D eigenvalue weighted by Crippen LogP contribution is -2.30. The average molecular weight is 412 g/mol. The Bertz CT molecular complexity index is 835. The summed E-state index contributed by atoms with van der Waals surface area (Å²) in [6.45, 7) is 1.40. The van der Waals surface area contributed by atoms with Crippen molar-refractivity contribution >= 4 is 46.5 Å². The first-order valence-electron chi connectivity index (χ1n) is 8.00. The van der Waals surface area contributed by atoms with Gasteiger partial charge in [-0.1, -0.05) is 23.2 Å². The number of carbonyl (C=O) groups excluding carboxylic acids is 3. The van der Waals surface area contributed by atoms with Crippen LogP contribution in [0.5, 0.6) is 0 Å². The van der Waals surface area contributed by atoms with Gasteiger partial charge in [0.1, 0.15) is 5.82 Å². The Kier molecular flexibility index (Phi) is 7.33. The van der Waals surface area contributed by atoms with E-state index in [0.29, 0.717) is 21.3 Å². The molecule has 0 saturated carbocycles. The van der Waals surface area contributed by atoms with Gasteiger partial charge in [-0.2, -0.15) is 0 Å². The highest BCUT2D eigenvalue weighted by Crippen LogP contribution is 2.22. The van der Waals surface area contributed by atoms with Crippen LogP contribution in [-0.2, 0) is 14.3 Å². The molecule has 142 valence electrons. The van der Waals surface area contributed by atoms with Gasteiger partial charge in [-0.05, 0) is 49.4 Å². The van der Waals surface area contributed by atoms with Crippen LogP contribution in [0.1, 0.15) is 30.1 Å². The van der Waals surface area contributed by atoms with E-state index in [2.05, 4.69) is 5.32 Å². The smallest absolute Gasteiger partial charge is 0.307 e. The lowest BCUT2D eigenvalue weighted by Gasteiger charge is -2.14. The minimum atomic E-state index is -1.07. The second-order valence-corrected chi connectivity index (χ2v) is 6.58. The molecule has 0 aromatic heterocycles. The average Bonchev–Trinajstić information content (AvgIpc) is 2.59. The number of ketones is 1. The summed E-state index contributed by atoms with van der Waals surface area (Å²) < 4.78 is 17.9. The van der Waals surface area contributed by atoms with E-state index in [9.17, 15) is 18.8 Å². The number of carbonyl (C=O) groups is 3. The SMILES string of the molecule is C[C@H](OC(=O)CCC(=O)c1ccc(F)cc1)C(=O)Nc1cc(Cl)cc(Cl)c1. The number of hydrogen-bond acceptors (Lipinski definition) is 4. The number of rotatable bonds is 7. The minimum Gasteiger partial charge on any atom is -0.453 e. The van der Waals surface area contributed by atoms with Gasteiger partial charge < -0.3 is 10.1 Å². The van der Waals surface area contributed by atoms with Gasteiger partial charge in [0.05, 0.1) is 6.42 Å². The second kappa shape index (κ2) is 9.48. The third kappa shape index (κ3) is 6.66. The summed E-state index contributed by atoms with van der Waals surface area (Å²) in [5.74, 6) is -2.03. The van der Waals surface area contributed by atoms with Crippen LogP contribution in [0.15, 0.2) is 42.5 Å². The summed E-state index contributed by atoms with van der Waals surface area (Å²) in [5, 5.41) is 3.23. The Labute approximate surface area is 165 Å². The van der Waals surface area contributed by atoms with Crippen molar-refractivity contribution in [3.63, 3.8) is 0 Å². The molecule has 1 amide bonds. The van der Waals surface area contributed by atoms with Crippen molar-refractivity contribution in [2.24, 2.45) is 0 Å². The number of nitrogens with one attached hydrogen (secondary N) is 1. The molecular formula is C19H16Cl2FNO4. The molecule has 1 N–H and O–H groups in total. The van der Waals surface area contributed by atoms with Crippen LogP contribution in [0.25, 0.3) is 0 Å². The number of amides is 1. The standard InChI is InChI=1S/C19H16Cl2FNO4/c1-11(19(26)23-16-9-13(20)8-14(21)10-16)27-18(25)7-6-17(24)12-2-4-15(22)5-3-12/h2-5,8-11H,6-7H2,1H3,(H,23,26)/t11-/m0/s1. The van der Waals surface area contributed by atoms with Crippen LogP contribution in [0, 0.1) is 5.82 Å². The summed E-state index contributed by atoms with van der Waals surface area (Å²) in [6, 6.07) is 9.54. The second-order valence-electron chi connectivity index (χ2n) is 5.71. The van der Waals surface area contributed by atoms with Gasteiger partial charge in [0.25, 0.3) is 5.91 Å². The summed E-state index contributed by atoms with van der Waals surface area (Å²) in [6.07, 6.45) is -1.38. The van der Waals surface area contributed by atoms with Gasteiger partial charge >= 0.3 is 5.97 Å². The molecule has 0 radical (unpaired) electrons. The summed E-state index contributed by atoms with van der Waals surface area (Å²) in [7, 11) is 0. The summed E-state index contributed by atoms with van der Waals surface area (Å²) >= 11 is 11.7. The molecule has 27 heavy (non-hydrogen) atoms. The molecule has 0 unspecified atom stereocenters. The van der Waals surface area contributed by atoms with Crippen LogP contribution in [-0.4, -0.2) is 23.8 Å². The fourth-order valence-electron chi connectivity index (χ4n) is 2.18. The van der Waals surface area contributed by atoms with Gasteiger partial charge in [0.2, 0.25) is 0 Å². The Morgan fingerprint density at radius 3 is 2.22 bits per heavy atom. The van der Waals surface area contributed by atoms with Crippen molar-refractivity contribution in [3.05, 3.63) is 63.9 Å². The lowest BCUT2D eigenvalue weighted by molar-refractivity contribution is -0.153. The van der Waals surface area contributed by atoms with Crippen LogP contribution in [0.2, 0.25) is 10.0 Å². The number of Topliss-reactive ketones (excluding diaryl/α,β-unsaturated/α-hetero) is 1. The number of ether oxygens (including phenoxy) is 1. The molecule has 0 aliphatic carbocycles. The maximum atomic E-state index is 12.8. The Hall–Kier alpha value is -2.44. The largest absolute Gasteiger partial charge is 0.453 e. The molecule has 5 nitrogen and oxygen atoms in total. The fourth-order valence-corrected chi connectivity index (χ4v) is 2.70. The zero-order valence-corrected chi connectivity index (χ0v) is 15.8. The third-order valence-electron chi connectivity index (χ3n) is 3.53. The van der Waals surface area contributed by atoms with Crippen LogP contribution in [0.3, 0.4) is 0 Å². The molecule has 0 spiro atoms. The van der Waals surface area contributed by atoms with Gasteiger partial charge in [0.15, 0.2) is 11.9 Å². The van der Waals surface area contributed by atoms with Crippen molar-refractivity contribution in [3.8, 4) is 0 Å². The summed E-state index contributed by atoms with van der Waals surface area (Å²) in [5.41, 5.74) is 0.666. The molecule has 0 fully saturated rings. The van der Waals surface area contributed by atoms with Crippen molar-refractivity contribution in [2.45, 2.75) is 25.9 Å². The molecule has 2 rings (SSSR count). The van der Waals surface area contributed by atoms with Gasteiger partial charge in [-0.3, -0.25) is 14.4 Å². The van der Waals surface area contributed by atoms with E-state index in [1.54, 1.807) is 0 Å². The number of anilines is 1. The van der Waals surface area contributed by atoms with Gasteiger partial charge in [0, 0.05) is 27.7 Å². The first-order valence-corrected chi connectivity index (χ1v) is 8.75. The maximum absolute atomic E-state index is 12.8.